The van der Waals surface area contributed by atoms with E-state index in [9.17, 15) is 9.59 Å². The Morgan fingerprint density at radius 2 is 2.12 bits per heavy atom. The molecule has 1 atom stereocenters. The van der Waals surface area contributed by atoms with Gasteiger partial charge in [-0.1, -0.05) is 0 Å². The van der Waals surface area contributed by atoms with Crippen molar-refractivity contribution in [2.75, 3.05) is 20.2 Å². The van der Waals surface area contributed by atoms with E-state index in [1.165, 1.54) is 19.4 Å². The summed E-state index contributed by atoms with van der Waals surface area (Å²) in [4.78, 5) is 33.7. The van der Waals surface area contributed by atoms with Gasteiger partial charge in [0.05, 0.1) is 13.7 Å². The number of likely N-dealkylation sites (tertiary alicyclic amines) is 1. The van der Waals surface area contributed by atoms with E-state index in [0.29, 0.717) is 30.3 Å². The van der Waals surface area contributed by atoms with Crippen LogP contribution in [0.1, 0.15) is 33.7 Å². The fourth-order valence-corrected chi connectivity index (χ4v) is 2.92. The number of hydrogen-bond donors (Lipinski definition) is 1. The van der Waals surface area contributed by atoms with Crippen molar-refractivity contribution in [3.63, 3.8) is 0 Å². The van der Waals surface area contributed by atoms with Crippen molar-refractivity contribution in [3.05, 3.63) is 47.9 Å². The van der Waals surface area contributed by atoms with E-state index in [0.717, 1.165) is 12.8 Å². The summed E-state index contributed by atoms with van der Waals surface area (Å²) < 4.78 is 11.1. The van der Waals surface area contributed by atoms with Crippen molar-refractivity contribution in [2.24, 2.45) is 5.73 Å². The van der Waals surface area contributed by atoms with Crippen LogP contribution in [0, 0.1) is 0 Å². The molecule has 0 aromatic carbocycles. The van der Waals surface area contributed by atoms with Crippen LogP contribution in [0.25, 0.3) is 0 Å². The van der Waals surface area contributed by atoms with Crippen molar-refractivity contribution in [1.82, 2.24) is 14.9 Å². The number of ether oxygens (including phenoxy) is 2. The first-order valence-corrected chi connectivity index (χ1v) is 8.29. The number of aromatic nitrogens is 2. The van der Waals surface area contributed by atoms with Crippen LogP contribution in [0.4, 0.5) is 0 Å². The van der Waals surface area contributed by atoms with Gasteiger partial charge < -0.3 is 20.1 Å². The molecule has 1 saturated heterocycles. The molecule has 26 heavy (non-hydrogen) atoms. The minimum Gasteiger partial charge on any atom is -0.488 e. The largest absolute Gasteiger partial charge is 0.488 e. The highest BCUT2D eigenvalue weighted by atomic mass is 16.5. The number of nitrogens with two attached hydrogens (primary N) is 1. The van der Waals surface area contributed by atoms with E-state index in [1.54, 1.807) is 29.3 Å². The zero-order valence-electron chi connectivity index (χ0n) is 14.4. The first-order valence-electron chi connectivity index (χ1n) is 8.29. The lowest BCUT2D eigenvalue weighted by Crippen LogP contribution is -2.44. The third kappa shape index (κ3) is 3.90. The van der Waals surface area contributed by atoms with Crippen molar-refractivity contribution < 1.29 is 19.1 Å². The van der Waals surface area contributed by atoms with E-state index in [1.807, 2.05) is 0 Å². The topological polar surface area (TPSA) is 108 Å². The summed E-state index contributed by atoms with van der Waals surface area (Å²) in [5.74, 6) is 0.0585. The molecule has 8 heteroatoms. The lowest BCUT2D eigenvalue weighted by atomic mass is 10.1. The number of nitrogens with zero attached hydrogens (tertiary/aromatic N) is 3. The third-order valence-corrected chi connectivity index (χ3v) is 4.15. The third-order valence-electron chi connectivity index (χ3n) is 4.15. The lowest BCUT2D eigenvalue weighted by Gasteiger charge is -2.33. The number of primary amides is 1. The Labute approximate surface area is 150 Å². The van der Waals surface area contributed by atoms with E-state index in [4.69, 9.17) is 15.2 Å². The van der Waals surface area contributed by atoms with Crippen LogP contribution in [0.5, 0.6) is 11.6 Å². The van der Waals surface area contributed by atoms with Gasteiger partial charge in [-0.05, 0) is 31.0 Å². The maximum atomic E-state index is 12.8. The summed E-state index contributed by atoms with van der Waals surface area (Å²) in [7, 11) is 1.49. The minimum atomic E-state index is -0.612. The molecule has 2 aromatic heterocycles. The molecule has 1 unspecified atom stereocenters. The van der Waals surface area contributed by atoms with Crippen LogP contribution >= 0.6 is 0 Å². The summed E-state index contributed by atoms with van der Waals surface area (Å²) in [5, 5.41) is 0. The standard InChI is InChI=1S/C18H20N4O4/c1-25-17-14(5-2-7-21-17)18(24)22-9-3-4-13(11-22)26-12-6-8-20-15(10-12)16(19)23/h2,5-8,10,13H,3-4,9,11H2,1H3,(H2,19,23). The second-order valence-corrected chi connectivity index (χ2v) is 5.93. The normalized spacial score (nSPS) is 16.8. The van der Waals surface area contributed by atoms with Crippen molar-refractivity contribution in [3.8, 4) is 11.6 Å². The molecule has 3 heterocycles. The van der Waals surface area contributed by atoms with Crippen molar-refractivity contribution >= 4 is 11.8 Å². The minimum absolute atomic E-state index is 0.143. The molecule has 2 aromatic rings. The van der Waals surface area contributed by atoms with Crippen LogP contribution in [0.2, 0.25) is 0 Å². The van der Waals surface area contributed by atoms with Gasteiger partial charge in [-0.25, -0.2) is 4.98 Å². The smallest absolute Gasteiger partial charge is 0.267 e. The first kappa shape index (κ1) is 17.7. The maximum absolute atomic E-state index is 12.8. The number of rotatable bonds is 5. The zero-order valence-corrected chi connectivity index (χ0v) is 14.4. The van der Waals surface area contributed by atoms with E-state index in [-0.39, 0.29) is 17.7 Å². The van der Waals surface area contributed by atoms with E-state index < -0.39 is 5.91 Å². The molecule has 3 rings (SSSR count). The van der Waals surface area contributed by atoms with Gasteiger partial charge in [-0.3, -0.25) is 14.6 Å². The zero-order chi connectivity index (χ0) is 18.5. The average Bonchev–Trinajstić information content (AvgIpc) is 2.67. The van der Waals surface area contributed by atoms with Crippen LogP contribution in [0.15, 0.2) is 36.7 Å². The Balaban J connectivity index is 1.70. The summed E-state index contributed by atoms with van der Waals surface area (Å²) >= 11 is 0. The van der Waals surface area contributed by atoms with Gasteiger partial charge in [-0.2, -0.15) is 0 Å². The van der Waals surface area contributed by atoms with Crippen molar-refractivity contribution in [1.29, 1.82) is 0 Å². The highest BCUT2D eigenvalue weighted by molar-refractivity contribution is 5.96. The number of hydrogen-bond acceptors (Lipinski definition) is 6. The maximum Gasteiger partial charge on any atom is 0.267 e. The molecule has 0 aliphatic carbocycles. The number of amides is 2. The predicted molar refractivity (Wildman–Crippen MR) is 93.1 cm³/mol. The molecular weight excluding hydrogens is 336 g/mol. The summed E-state index contributed by atoms with van der Waals surface area (Å²) in [6, 6.07) is 6.57. The first-order chi connectivity index (χ1) is 12.6. The van der Waals surface area contributed by atoms with Gasteiger partial charge in [0.1, 0.15) is 23.1 Å². The van der Waals surface area contributed by atoms with Crippen LogP contribution in [-0.4, -0.2) is 53.0 Å². The number of methoxy groups -OCH3 is 1. The molecule has 0 spiro atoms. The Morgan fingerprint density at radius 3 is 2.88 bits per heavy atom. The van der Waals surface area contributed by atoms with Crippen LogP contribution < -0.4 is 15.2 Å². The van der Waals surface area contributed by atoms with Gasteiger partial charge >= 0.3 is 0 Å². The number of carbonyl (C=O) groups is 2. The van der Waals surface area contributed by atoms with Gasteiger partial charge in [0.25, 0.3) is 11.8 Å². The fourth-order valence-electron chi connectivity index (χ4n) is 2.92. The second-order valence-electron chi connectivity index (χ2n) is 5.93. The molecular formula is C18H20N4O4. The molecule has 0 bridgehead atoms. The molecule has 136 valence electrons. The van der Waals surface area contributed by atoms with Gasteiger partial charge in [0.2, 0.25) is 5.88 Å². The van der Waals surface area contributed by atoms with E-state index >= 15 is 0 Å². The molecule has 1 aliphatic rings. The summed E-state index contributed by atoms with van der Waals surface area (Å²) in [6.45, 7) is 1.07. The molecule has 2 N–H and O–H groups in total. The quantitative estimate of drug-likeness (QED) is 0.864. The Hall–Kier alpha value is -3.16. The van der Waals surface area contributed by atoms with E-state index in [2.05, 4.69) is 9.97 Å². The van der Waals surface area contributed by atoms with Crippen LogP contribution in [0.3, 0.4) is 0 Å². The molecule has 0 saturated carbocycles. The van der Waals surface area contributed by atoms with Gasteiger partial charge in [0.15, 0.2) is 0 Å². The Kier molecular flexibility index (Phi) is 5.31. The number of carbonyl (C=O) groups excluding carboxylic acids is 2. The lowest BCUT2D eigenvalue weighted by molar-refractivity contribution is 0.0534. The highest BCUT2D eigenvalue weighted by Crippen LogP contribution is 2.22. The number of piperidine rings is 1. The fraction of sp³-hybridized carbons (Fsp3) is 0.333. The van der Waals surface area contributed by atoms with Crippen molar-refractivity contribution in [2.45, 2.75) is 18.9 Å². The predicted octanol–water partition coefficient (Wildman–Crippen LogP) is 1.27. The molecule has 8 nitrogen and oxygen atoms in total. The molecule has 0 radical (unpaired) electrons. The summed E-state index contributed by atoms with van der Waals surface area (Å²) in [5.41, 5.74) is 5.81. The monoisotopic (exact) mass is 356 g/mol. The second kappa shape index (κ2) is 7.81. The number of pyridine rings is 2. The Bertz CT molecular complexity index is 811. The SMILES string of the molecule is COc1ncccc1C(=O)N1CCCC(Oc2ccnc(C(N)=O)c2)C1. The molecule has 1 fully saturated rings. The molecule has 2 amide bonds. The molecule has 1 aliphatic heterocycles. The average molecular weight is 356 g/mol. The van der Waals surface area contributed by atoms with Gasteiger partial charge in [-0.15, -0.1) is 0 Å². The van der Waals surface area contributed by atoms with Gasteiger partial charge in [0, 0.05) is 25.0 Å². The van der Waals surface area contributed by atoms with Crippen LogP contribution in [-0.2, 0) is 0 Å². The Morgan fingerprint density at radius 1 is 1.27 bits per heavy atom. The highest BCUT2D eigenvalue weighted by Gasteiger charge is 2.27. The summed E-state index contributed by atoms with van der Waals surface area (Å²) in [6.07, 6.45) is 4.49.